The minimum Gasteiger partial charge on any atom is -0.507 e. The van der Waals surface area contributed by atoms with Gasteiger partial charge < -0.3 is 14.9 Å². The number of rotatable bonds is 3. The van der Waals surface area contributed by atoms with E-state index in [1.54, 1.807) is 28.0 Å². The number of para-hydroxylation sites is 2. The number of aromatic nitrogens is 2. The lowest BCUT2D eigenvalue weighted by Crippen LogP contribution is -2.50. The Kier molecular flexibility index (Phi) is 5.14. The summed E-state index contributed by atoms with van der Waals surface area (Å²) in [6.45, 7) is 3.72. The SMILES string of the molecule is Cc1nn(-c2ccccc2)c2sc(C(=O)N3CCN(C(=O)c4ccccc4O)CC3)cc12. The molecular weight excluding hydrogens is 424 g/mol. The fourth-order valence-electron chi connectivity index (χ4n) is 3.99. The van der Waals surface area contributed by atoms with Crippen molar-refractivity contribution in [2.24, 2.45) is 0 Å². The number of fused-ring (bicyclic) bond motifs is 1. The second-order valence-corrected chi connectivity index (χ2v) is 8.79. The van der Waals surface area contributed by atoms with Crippen LogP contribution in [0.1, 0.15) is 25.7 Å². The van der Waals surface area contributed by atoms with Gasteiger partial charge in [-0.05, 0) is 37.3 Å². The standard InChI is InChI=1S/C24H22N4O3S/c1-16-19-15-21(32-24(19)28(25-16)17-7-3-2-4-8-17)23(31)27-13-11-26(12-14-27)22(30)18-9-5-6-10-20(18)29/h2-10,15,29H,11-14H2,1H3. The molecule has 8 heteroatoms. The van der Waals surface area contributed by atoms with Gasteiger partial charge in [0.05, 0.1) is 21.8 Å². The molecule has 162 valence electrons. The van der Waals surface area contributed by atoms with Gasteiger partial charge in [0.15, 0.2) is 0 Å². The topological polar surface area (TPSA) is 78.7 Å². The Morgan fingerprint density at radius 3 is 2.22 bits per heavy atom. The van der Waals surface area contributed by atoms with Crippen LogP contribution >= 0.6 is 11.3 Å². The van der Waals surface area contributed by atoms with Crippen LogP contribution in [-0.4, -0.2) is 62.7 Å². The fourth-order valence-corrected chi connectivity index (χ4v) is 5.14. The number of phenolic OH excluding ortho intramolecular Hbond substituents is 1. The summed E-state index contributed by atoms with van der Waals surface area (Å²) in [5.41, 5.74) is 2.14. The van der Waals surface area contributed by atoms with Crippen LogP contribution in [0.2, 0.25) is 0 Å². The van der Waals surface area contributed by atoms with Crippen molar-refractivity contribution in [2.75, 3.05) is 26.2 Å². The van der Waals surface area contributed by atoms with Crippen LogP contribution in [0, 0.1) is 6.92 Å². The molecule has 0 unspecified atom stereocenters. The molecule has 32 heavy (non-hydrogen) atoms. The van der Waals surface area contributed by atoms with Crippen molar-refractivity contribution in [3.05, 3.63) is 76.8 Å². The summed E-state index contributed by atoms with van der Waals surface area (Å²) >= 11 is 1.44. The third-order valence-electron chi connectivity index (χ3n) is 5.74. The van der Waals surface area contributed by atoms with Crippen LogP contribution in [0.5, 0.6) is 5.75 Å². The van der Waals surface area contributed by atoms with Crippen molar-refractivity contribution in [3.8, 4) is 11.4 Å². The molecule has 0 radical (unpaired) electrons. The van der Waals surface area contributed by atoms with Crippen LogP contribution in [0.3, 0.4) is 0 Å². The summed E-state index contributed by atoms with van der Waals surface area (Å²) < 4.78 is 1.88. The second-order valence-electron chi connectivity index (χ2n) is 7.76. The average Bonchev–Trinajstić information content (AvgIpc) is 3.40. The highest BCUT2D eigenvalue weighted by molar-refractivity contribution is 7.20. The molecule has 1 N–H and O–H groups in total. The number of amides is 2. The molecule has 0 spiro atoms. The van der Waals surface area contributed by atoms with Gasteiger partial charge in [0.25, 0.3) is 11.8 Å². The molecule has 1 fully saturated rings. The van der Waals surface area contributed by atoms with Gasteiger partial charge in [0, 0.05) is 31.6 Å². The lowest BCUT2D eigenvalue weighted by Gasteiger charge is -2.34. The molecule has 1 aliphatic heterocycles. The third-order valence-corrected chi connectivity index (χ3v) is 6.84. The van der Waals surface area contributed by atoms with Crippen molar-refractivity contribution >= 4 is 33.4 Å². The van der Waals surface area contributed by atoms with Gasteiger partial charge in [0.1, 0.15) is 10.6 Å². The number of piperazine rings is 1. The molecule has 5 rings (SSSR count). The zero-order chi connectivity index (χ0) is 22.2. The number of phenols is 1. The highest BCUT2D eigenvalue weighted by atomic mass is 32.1. The quantitative estimate of drug-likeness (QED) is 0.521. The molecule has 0 bridgehead atoms. The van der Waals surface area contributed by atoms with E-state index in [9.17, 15) is 14.7 Å². The Morgan fingerprint density at radius 2 is 1.53 bits per heavy atom. The number of benzene rings is 2. The zero-order valence-corrected chi connectivity index (χ0v) is 18.4. The van der Waals surface area contributed by atoms with Crippen molar-refractivity contribution in [3.63, 3.8) is 0 Å². The van der Waals surface area contributed by atoms with E-state index in [-0.39, 0.29) is 23.1 Å². The number of hydrogen-bond donors (Lipinski definition) is 1. The normalized spacial score (nSPS) is 14.2. The Morgan fingerprint density at radius 1 is 0.906 bits per heavy atom. The van der Waals surface area contributed by atoms with E-state index in [4.69, 9.17) is 0 Å². The lowest BCUT2D eigenvalue weighted by atomic mass is 10.1. The first-order chi connectivity index (χ1) is 15.5. The predicted octanol–water partition coefficient (Wildman–Crippen LogP) is 3.70. The molecule has 3 heterocycles. The highest BCUT2D eigenvalue weighted by Crippen LogP contribution is 2.31. The molecule has 7 nitrogen and oxygen atoms in total. The maximum absolute atomic E-state index is 13.2. The predicted molar refractivity (Wildman–Crippen MR) is 124 cm³/mol. The van der Waals surface area contributed by atoms with Crippen LogP contribution < -0.4 is 0 Å². The van der Waals surface area contributed by atoms with E-state index in [0.717, 1.165) is 21.6 Å². The van der Waals surface area contributed by atoms with Crippen LogP contribution in [0.15, 0.2) is 60.7 Å². The summed E-state index contributed by atoms with van der Waals surface area (Å²) in [5.74, 6) is -0.264. The second kappa shape index (κ2) is 8.12. The maximum Gasteiger partial charge on any atom is 0.264 e. The number of aromatic hydroxyl groups is 1. The zero-order valence-electron chi connectivity index (χ0n) is 17.6. The van der Waals surface area contributed by atoms with Crippen molar-refractivity contribution < 1.29 is 14.7 Å². The van der Waals surface area contributed by atoms with Crippen molar-refractivity contribution in [2.45, 2.75) is 6.92 Å². The van der Waals surface area contributed by atoms with Gasteiger partial charge in [-0.3, -0.25) is 9.59 Å². The smallest absolute Gasteiger partial charge is 0.264 e. The van der Waals surface area contributed by atoms with Crippen LogP contribution in [0.4, 0.5) is 0 Å². The molecule has 2 aromatic heterocycles. The Bertz CT molecular complexity index is 1300. The number of carbonyl (C=O) groups is 2. The Hall–Kier alpha value is -3.65. The van der Waals surface area contributed by atoms with E-state index in [0.29, 0.717) is 31.1 Å². The summed E-state index contributed by atoms with van der Waals surface area (Å²) in [6, 6.07) is 18.3. The average molecular weight is 447 g/mol. The van der Waals surface area contributed by atoms with Crippen molar-refractivity contribution in [1.82, 2.24) is 19.6 Å². The minimum atomic E-state index is -0.212. The number of aryl methyl sites for hydroxylation is 1. The first-order valence-corrected chi connectivity index (χ1v) is 11.3. The van der Waals surface area contributed by atoms with Gasteiger partial charge in [-0.15, -0.1) is 11.3 Å². The van der Waals surface area contributed by atoms with E-state index in [1.807, 2.05) is 48.0 Å². The molecule has 0 atom stereocenters. The molecule has 0 saturated carbocycles. The first kappa shape index (κ1) is 20.3. The summed E-state index contributed by atoms with van der Waals surface area (Å²) in [7, 11) is 0. The monoisotopic (exact) mass is 446 g/mol. The summed E-state index contributed by atoms with van der Waals surface area (Å²) in [6.07, 6.45) is 0. The fraction of sp³-hybridized carbons (Fsp3) is 0.208. The Balaban J connectivity index is 1.32. The summed E-state index contributed by atoms with van der Waals surface area (Å²) in [5, 5.41) is 15.6. The van der Waals surface area contributed by atoms with Gasteiger partial charge in [-0.1, -0.05) is 30.3 Å². The number of hydrogen-bond acceptors (Lipinski definition) is 5. The molecule has 4 aromatic rings. The number of thiophene rings is 1. The molecule has 2 aromatic carbocycles. The van der Waals surface area contributed by atoms with Crippen LogP contribution in [-0.2, 0) is 0 Å². The van der Waals surface area contributed by atoms with Crippen LogP contribution in [0.25, 0.3) is 15.9 Å². The molecule has 0 aliphatic carbocycles. The summed E-state index contributed by atoms with van der Waals surface area (Å²) in [4.78, 5) is 31.0. The minimum absolute atomic E-state index is 0.0240. The van der Waals surface area contributed by atoms with Gasteiger partial charge in [-0.2, -0.15) is 5.10 Å². The first-order valence-electron chi connectivity index (χ1n) is 10.4. The molecule has 1 saturated heterocycles. The third kappa shape index (κ3) is 3.52. The van der Waals surface area contributed by atoms with E-state index >= 15 is 0 Å². The van der Waals surface area contributed by atoms with E-state index in [2.05, 4.69) is 5.10 Å². The lowest BCUT2D eigenvalue weighted by molar-refractivity contribution is 0.0536. The van der Waals surface area contributed by atoms with Gasteiger partial charge >= 0.3 is 0 Å². The van der Waals surface area contributed by atoms with E-state index < -0.39 is 0 Å². The molecule has 1 aliphatic rings. The molecular formula is C24H22N4O3S. The van der Waals surface area contributed by atoms with Gasteiger partial charge in [-0.25, -0.2) is 4.68 Å². The Labute approximate surface area is 189 Å². The van der Waals surface area contributed by atoms with Gasteiger partial charge in [0.2, 0.25) is 0 Å². The number of nitrogens with zero attached hydrogens (tertiary/aromatic N) is 4. The molecule has 2 amide bonds. The largest absolute Gasteiger partial charge is 0.507 e. The number of carbonyl (C=O) groups excluding carboxylic acids is 2. The van der Waals surface area contributed by atoms with E-state index in [1.165, 1.54) is 17.4 Å². The highest BCUT2D eigenvalue weighted by Gasteiger charge is 2.28. The maximum atomic E-state index is 13.2. The van der Waals surface area contributed by atoms with Crippen molar-refractivity contribution in [1.29, 1.82) is 0 Å².